The molecule has 2 aromatic heterocycles. The molecular weight excluding hydrogens is 206 g/mol. The van der Waals surface area contributed by atoms with Crippen LogP contribution < -0.4 is 0 Å². The van der Waals surface area contributed by atoms with Crippen LogP contribution in [0.3, 0.4) is 0 Å². The lowest BCUT2D eigenvalue weighted by Crippen LogP contribution is -2.04. The standard InChI is InChI=1S/C12H11NO3/c1-2-10-9(12(14)15)3-4-11(13-10)8-5-6-16-7-8/h3-7H,2H2,1H3,(H,14,15). The van der Waals surface area contributed by atoms with Crippen LogP contribution in [0.2, 0.25) is 0 Å². The van der Waals surface area contributed by atoms with Gasteiger partial charge < -0.3 is 9.52 Å². The van der Waals surface area contributed by atoms with E-state index in [1.807, 2.05) is 6.92 Å². The lowest BCUT2D eigenvalue weighted by atomic mass is 10.1. The van der Waals surface area contributed by atoms with Crippen LogP contribution in [0.25, 0.3) is 11.3 Å². The predicted octanol–water partition coefficient (Wildman–Crippen LogP) is 2.60. The van der Waals surface area contributed by atoms with Gasteiger partial charge in [-0.2, -0.15) is 0 Å². The van der Waals surface area contributed by atoms with Crippen molar-refractivity contribution >= 4 is 5.97 Å². The molecule has 4 nitrogen and oxygen atoms in total. The molecule has 1 N–H and O–H groups in total. The average Bonchev–Trinajstić information content (AvgIpc) is 2.81. The summed E-state index contributed by atoms with van der Waals surface area (Å²) in [5.74, 6) is -0.942. The Hall–Kier alpha value is -2.10. The monoisotopic (exact) mass is 217 g/mol. The number of rotatable bonds is 3. The molecule has 0 radical (unpaired) electrons. The third kappa shape index (κ3) is 1.82. The molecule has 2 aromatic rings. The van der Waals surface area contributed by atoms with Crippen LogP contribution in [-0.4, -0.2) is 16.1 Å². The summed E-state index contributed by atoms with van der Waals surface area (Å²) >= 11 is 0. The van der Waals surface area contributed by atoms with Gasteiger partial charge in [0.25, 0.3) is 0 Å². The molecule has 0 saturated carbocycles. The van der Waals surface area contributed by atoms with Crippen LogP contribution in [0.1, 0.15) is 23.0 Å². The van der Waals surface area contributed by atoms with Crippen LogP contribution in [-0.2, 0) is 6.42 Å². The van der Waals surface area contributed by atoms with Gasteiger partial charge >= 0.3 is 5.97 Å². The molecule has 0 aliphatic carbocycles. The Bertz CT molecular complexity index is 503. The van der Waals surface area contributed by atoms with Gasteiger partial charge in [-0.25, -0.2) is 4.79 Å². The predicted molar refractivity (Wildman–Crippen MR) is 58.3 cm³/mol. The van der Waals surface area contributed by atoms with Gasteiger partial charge in [0.05, 0.1) is 29.5 Å². The second kappa shape index (κ2) is 4.18. The van der Waals surface area contributed by atoms with Crippen LogP contribution >= 0.6 is 0 Å². The highest BCUT2D eigenvalue weighted by Crippen LogP contribution is 2.19. The number of carboxylic acid groups (broad SMARTS) is 1. The molecule has 82 valence electrons. The molecule has 16 heavy (non-hydrogen) atoms. The Morgan fingerprint density at radius 2 is 2.25 bits per heavy atom. The molecule has 0 amide bonds. The maximum Gasteiger partial charge on any atom is 0.337 e. The Morgan fingerprint density at radius 1 is 1.44 bits per heavy atom. The van der Waals surface area contributed by atoms with E-state index in [1.165, 1.54) is 0 Å². The quantitative estimate of drug-likeness (QED) is 0.858. The smallest absolute Gasteiger partial charge is 0.337 e. The first-order chi connectivity index (χ1) is 7.72. The Balaban J connectivity index is 2.49. The van der Waals surface area contributed by atoms with Gasteiger partial charge in [0.15, 0.2) is 0 Å². The number of furan rings is 1. The van der Waals surface area contributed by atoms with Crippen molar-refractivity contribution in [2.24, 2.45) is 0 Å². The molecule has 0 aromatic carbocycles. The fourth-order valence-corrected chi connectivity index (χ4v) is 1.54. The van der Waals surface area contributed by atoms with Gasteiger partial charge in [-0.3, -0.25) is 4.98 Å². The summed E-state index contributed by atoms with van der Waals surface area (Å²) < 4.78 is 4.96. The Morgan fingerprint density at radius 3 is 2.81 bits per heavy atom. The van der Waals surface area contributed by atoms with E-state index in [0.717, 1.165) is 11.3 Å². The third-order valence-corrected chi connectivity index (χ3v) is 2.36. The molecule has 2 heterocycles. The van der Waals surface area contributed by atoms with Gasteiger partial charge in [0, 0.05) is 5.56 Å². The summed E-state index contributed by atoms with van der Waals surface area (Å²) in [5, 5.41) is 8.96. The molecule has 4 heteroatoms. The number of hydrogen-bond acceptors (Lipinski definition) is 3. The van der Waals surface area contributed by atoms with E-state index in [4.69, 9.17) is 9.52 Å². The second-order valence-electron chi connectivity index (χ2n) is 3.36. The normalized spacial score (nSPS) is 10.3. The van der Waals surface area contributed by atoms with E-state index < -0.39 is 5.97 Å². The van der Waals surface area contributed by atoms with Crippen molar-refractivity contribution in [3.05, 3.63) is 42.0 Å². The first-order valence-electron chi connectivity index (χ1n) is 4.98. The number of pyridine rings is 1. The Labute approximate surface area is 92.6 Å². The summed E-state index contributed by atoms with van der Waals surface area (Å²) in [6.45, 7) is 1.88. The number of nitrogens with zero attached hydrogens (tertiary/aromatic N) is 1. The topological polar surface area (TPSA) is 63.3 Å². The lowest BCUT2D eigenvalue weighted by Gasteiger charge is -2.04. The highest BCUT2D eigenvalue weighted by molar-refractivity contribution is 5.89. The van der Waals surface area contributed by atoms with E-state index >= 15 is 0 Å². The summed E-state index contributed by atoms with van der Waals surface area (Å²) in [6, 6.07) is 5.06. The summed E-state index contributed by atoms with van der Waals surface area (Å²) in [7, 11) is 0. The molecular formula is C12H11NO3. The molecule has 0 aliphatic heterocycles. The van der Waals surface area contributed by atoms with Crippen molar-refractivity contribution in [3.63, 3.8) is 0 Å². The summed E-state index contributed by atoms with van der Waals surface area (Å²) in [6.07, 6.45) is 3.74. The SMILES string of the molecule is CCc1nc(-c2ccoc2)ccc1C(=O)O. The van der Waals surface area contributed by atoms with Gasteiger partial charge in [0.2, 0.25) is 0 Å². The summed E-state index contributed by atoms with van der Waals surface area (Å²) in [4.78, 5) is 15.2. The molecule has 0 atom stereocenters. The molecule has 0 unspecified atom stereocenters. The highest BCUT2D eigenvalue weighted by atomic mass is 16.4. The van der Waals surface area contributed by atoms with E-state index in [0.29, 0.717) is 12.1 Å². The van der Waals surface area contributed by atoms with Crippen molar-refractivity contribution < 1.29 is 14.3 Å². The number of aromatic nitrogens is 1. The largest absolute Gasteiger partial charge is 0.478 e. The molecule has 2 rings (SSSR count). The van der Waals surface area contributed by atoms with Crippen LogP contribution in [0.5, 0.6) is 0 Å². The fraction of sp³-hybridized carbons (Fsp3) is 0.167. The zero-order valence-electron chi connectivity index (χ0n) is 8.80. The van der Waals surface area contributed by atoms with Crippen LogP contribution in [0.15, 0.2) is 35.1 Å². The summed E-state index contributed by atoms with van der Waals surface area (Å²) in [5.41, 5.74) is 2.43. The van der Waals surface area contributed by atoms with E-state index in [1.54, 1.807) is 30.7 Å². The third-order valence-electron chi connectivity index (χ3n) is 2.36. The highest BCUT2D eigenvalue weighted by Gasteiger charge is 2.11. The van der Waals surface area contributed by atoms with Crippen LogP contribution in [0.4, 0.5) is 0 Å². The zero-order chi connectivity index (χ0) is 11.5. The maximum atomic E-state index is 10.9. The van der Waals surface area contributed by atoms with Crippen LogP contribution in [0, 0.1) is 0 Å². The van der Waals surface area contributed by atoms with Crippen molar-refractivity contribution in [3.8, 4) is 11.3 Å². The second-order valence-corrected chi connectivity index (χ2v) is 3.36. The Kier molecular flexibility index (Phi) is 2.72. The number of carboxylic acids is 1. The van der Waals surface area contributed by atoms with E-state index in [-0.39, 0.29) is 5.56 Å². The van der Waals surface area contributed by atoms with Gasteiger partial charge in [-0.05, 0) is 24.6 Å². The van der Waals surface area contributed by atoms with Crippen molar-refractivity contribution in [2.45, 2.75) is 13.3 Å². The van der Waals surface area contributed by atoms with Gasteiger partial charge in [0.1, 0.15) is 0 Å². The number of aromatic carboxylic acids is 1. The van der Waals surface area contributed by atoms with Crippen molar-refractivity contribution in [1.29, 1.82) is 0 Å². The number of carbonyl (C=O) groups is 1. The van der Waals surface area contributed by atoms with E-state index in [9.17, 15) is 4.79 Å². The minimum atomic E-state index is -0.942. The fourth-order valence-electron chi connectivity index (χ4n) is 1.54. The molecule has 0 bridgehead atoms. The van der Waals surface area contributed by atoms with Gasteiger partial charge in [-0.15, -0.1) is 0 Å². The van der Waals surface area contributed by atoms with Crippen molar-refractivity contribution in [1.82, 2.24) is 4.98 Å². The molecule has 0 saturated heterocycles. The van der Waals surface area contributed by atoms with E-state index in [2.05, 4.69) is 4.98 Å². The van der Waals surface area contributed by atoms with Crippen molar-refractivity contribution in [2.75, 3.05) is 0 Å². The number of aryl methyl sites for hydroxylation is 1. The maximum absolute atomic E-state index is 10.9. The zero-order valence-corrected chi connectivity index (χ0v) is 8.80. The lowest BCUT2D eigenvalue weighted by molar-refractivity contribution is 0.0695. The molecule has 0 aliphatic rings. The molecule has 0 fully saturated rings. The first-order valence-corrected chi connectivity index (χ1v) is 4.98. The minimum Gasteiger partial charge on any atom is -0.478 e. The average molecular weight is 217 g/mol. The first kappa shape index (κ1) is 10.4. The number of hydrogen-bond donors (Lipinski definition) is 1. The molecule has 0 spiro atoms. The minimum absolute atomic E-state index is 0.259. The van der Waals surface area contributed by atoms with Gasteiger partial charge in [-0.1, -0.05) is 6.92 Å².